The molecule has 0 spiro atoms. The first-order chi connectivity index (χ1) is 15.9. The largest absolute Gasteiger partial charge is 0.351 e. The van der Waals surface area contributed by atoms with Gasteiger partial charge in [0, 0.05) is 33.3 Å². The number of anilines is 1. The van der Waals surface area contributed by atoms with E-state index >= 15 is 0 Å². The van der Waals surface area contributed by atoms with Crippen LogP contribution in [0.2, 0.25) is 10.0 Å². The Hall–Kier alpha value is -2.38. The minimum atomic E-state index is -0.158. The summed E-state index contributed by atoms with van der Waals surface area (Å²) in [4.78, 5) is 6.79. The first-order valence-electron chi connectivity index (χ1n) is 10.3. The zero-order chi connectivity index (χ0) is 23.1. The van der Waals surface area contributed by atoms with E-state index in [4.69, 9.17) is 35.4 Å². The maximum absolute atomic E-state index is 6.60. The van der Waals surface area contributed by atoms with Crippen molar-refractivity contribution in [3.8, 4) is 5.69 Å². The second kappa shape index (κ2) is 9.11. The van der Waals surface area contributed by atoms with E-state index in [-0.39, 0.29) is 12.1 Å². The Morgan fingerprint density at radius 3 is 2.61 bits per heavy atom. The molecule has 1 aliphatic rings. The van der Waals surface area contributed by atoms with Crippen molar-refractivity contribution in [2.24, 2.45) is 0 Å². The molecule has 2 atom stereocenters. The van der Waals surface area contributed by atoms with Crippen molar-refractivity contribution in [2.75, 3.05) is 4.90 Å². The summed E-state index contributed by atoms with van der Waals surface area (Å²) < 4.78 is 3.15. The van der Waals surface area contributed by atoms with E-state index in [0.29, 0.717) is 15.2 Å². The van der Waals surface area contributed by atoms with Crippen LogP contribution in [0.25, 0.3) is 5.69 Å². The molecule has 4 nitrogen and oxygen atoms in total. The predicted molar refractivity (Wildman–Crippen MR) is 143 cm³/mol. The molecule has 166 valence electrons. The number of aromatic nitrogens is 2. The highest BCUT2D eigenvalue weighted by Gasteiger charge is 2.42. The molecule has 1 N–H and O–H groups in total. The van der Waals surface area contributed by atoms with Crippen LogP contribution in [0.4, 0.5) is 5.69 Å². The molecular weight excluding hydrogens is 539 g/mol. The average molecular weight is 558 g/mol. The Labute approximate surface area is 216 Å². The summed E-state index contributed by atoms with van der Waals surface area (Å²) in [5.41, 5.74) is 4.93. The summed E-state index contributed by atoms with van der Waals surface area (Å²) in [5, 5.41) is 5.33. The number of halogens is 3. The predicted octanol–water partition coefficient (Wildman–Crippen LogP) is 7.43. The van der Waals surface area contributed by atoms with Gasteiger partial charge in [-0.15, -0.1) is 0 Å². The van der Waals surface area contributed by atoms with Crippen molar-refractivity contribution >= 4 is 62.1 Å². The number of pyridine rings is 1. The van der Waals surface area contributed by atoms with Gasteiger partial charge in [0.15, 0.2) is 5.11 Å². The van der Waals surface area contributed by atoms with Crippen LogP contribution in [-0.2, 0) is 0 Å². The maximum atomic E-state index is 6.60. The van der Waals surface area contributed by atoms with E-state index in [0.717, 1.165) is 32.8 Å². The van der Waals surface area contributed by atoms with Crippen molar-refractivity contribution < 1.29 is 0 Å². The number of nitrogens with zero attached hydrogens (tertiary/aromatic N) is 3. The SMILES string of the molecule is Cc1cc(N2C(=S)N[C@H](c3ccccn3)[C@@H]2c2cccn2-c2ccc(Cl)cc2Cl)ccc1Br. The highest BCUT2D eigenvalue weighted by atomic mass is 79.9. The molecule has 4 aromatic rings. The molecule has 5 rings (SSSR count). The summed E-state index contributed by atoms with van der Waals surface area (Å²) in [5.74, 6) is 0. The van der Waals surface area contributed by atoms with Gasteiger partial charge in [0.1, 0.15) is 6.04 Å². The van der Waals surface area contributed by atoms with Crippen LogP contribution in [0.5, 0.6) is 0 Å². The Kier molecular flexibility index (Phi) is 6.18. The summed E-state index contributed by atoms with van der Waals surface area (Å²) >= 11 is 22.2. The molecule has 0 unspecified atom stereocenters. The first-order valence-corrected chi connectivity index (χ1v) is 12.3. The monoisotopic (exact) mass is 556 g/mol. The van der Waals surface area contributed by atoms with Crippen molar-refractivity contribution in [3.63, 3.8) is 0 Å². The molecule has 3 heterocycles. The highest BCUT2D eigenvalue weighted by Crippen LogP contribution is 2.43. The van der Waals surface area contributed by atoms with Crippen LogP contribution < -0.4 is 10.2 Å². The van der Waals surface area contributed by atoms with E-state index in [9.17, 15) is 0 Å². The Morgan fingerprint density at radius 2 is 1.88 bits per heavy atom. The van der Waals surface area contributed by atoms with Crippen LogP contribution in [0.1, 0.15) is 29.0 Å². The van der Waals surface area contributed by atoms with Gasteiger partial charge in [-0.1, -0.05) is 45.2 Å². The number of hydrogen-bond acceptors (Lipinski definition) is 2. The highest BCUT2D eigenvalue weighted by molar-refractivity contribution is 9.10. The van der Waals surface area contributed by atoms with Crippen molar-refractivity contribution in [2.45, 2.75) is 19.0 Å². The number of rotatable bonds is 4. The van der Waals surface area contributed by atoms with Gasteiger partial charge in [-0.05, 0) is 85.4 Å². The van der Waals surface area contributed by atoms with Crippen molar-refractivity contribution in [1.82, 2.24) is 14.9 Å². The van der Waals surface area contributed by atoms with E-state index in [2.05, 4.69) is 60.8 Å². The summed E-state index contributed by atoms with van der Waals surface area (Å²) in [6.07, 6.45) is 3.81. The maximum Gasteiger partial charge on any atom is 0.174 e. The molecule has 2 aromatic carbocycles. The lowest BCUT2D eigenvalue weighted by molar-refractivity contribution is 0.549. The fraction of sp³-hybridized carbons (Fsp3) is 0.120. The molecule has 0 radical (unpaired) electrons. The fourth-order valence-corrected chi connectivity index (χ4v) is 5.34. The third-order valence-electron chi connectivity index (χ3n) is 5.77. The standard InChI is InChI=1S/C25H19BrCl2N4S/c1-15-13-17(8-9-18(15)26)32-24(23(30-25(32)33)20-5-2-3-11-29-20)22-6-4-12-31(22)21-10-7-16(27)14-19(21)28/h2-14,23-24H,1H3,(H,30,33)/t23-,24+/m1/s1. The molecule has 33 heavy (non-hydrogen) atoms. The van der Waals surface area contributed by atoms with Crippen LogP contribution in [0, 0.1) is 6.92 Å². The van der Waals surface area contributed by atoms with Gasteiger partial charge in [-0.25, -0.2) is 0 Å². The van der Waals surface area contributed by atoms with Gasteiger partial charge in [0.05, 0.1) is 22.4 Å². The smallest absolute Gasteiger partial charge is 0.174 e. The molecule has 0 amide bonds. The lowest BCUT2D eigenvalue weighted by atomic mass is 10.0. The molecule has 8 heteroatoms. The third kappa shape index (κ3) is 4.17. The third-order valence-corrected chi connectivity index (χ3v) is 7.51. The molecule has 1 saturated heterocycles. The van der Waals surface area contributed by atoms with Gasteiger partial charge in [0.25, 0.3) is 0 Å². The quantitative estimate of drug-likeness (QED) is 0.264. The fourth-order valence-electron chi connectivity index (χ4n) is 4.24. The van der Waals surface area contributed by atoms with E-state index < -0.39 is 0 Å². The normalized spacial score (nSPS) is 17.9. The van der Waals surface area contributed by atoms with Gasteiger partial charge < -0.3 is 14.8 Å². The number of benzene rings is 2. The second-order valence-electron chi connectivity index (χ2n) is 7.83. The number of hydrogen-bond donors (Lipinski definition) is 1. The van der Waals surface area contributed by atoms with Gasteiger partial charge in [-0.3, -0.25) is 4.98 Å². The topological polar surface area (TPSA) is 33.1 Å². The molecule has 1 fully saturated rings. The minimum absolute atomic E-state index is 0.151. The Balaban J connectivity index is 1.69. The Morgan fingerprint density at radius 1 is 1.03 bits per heavy atom. The lowest BCUT2D eigenvalue weighted by Gasteiger charge is -2.29. The van der Waals surface area contributed by atoms with Crippen LogP contribution >= 0.6 is 51.3 Å². The van der Waals surface area contributed by atoms with Gasteiger partial charge in [0.2, 0.25) is 0 Å². The summed E-state index contributed by atoms with van der Waals surface area (Å²) in [6, 6.07) is 21.5. The molecule has 0 bridgehead atoms. The first kappa shape index (κ1) is 22.4. The molecule has 2 aromatic heterocycles. The summed E-state index contributed by atoms with van der Waals surface area (Å²) in [6.45, 7) is 2.07. The van der Waals surface area contributed by atoms with Crippen molar-refractivity contribution in [1.29, 1.82) is 0 Å². The van der Waals surface area contributed by atoms with E-state index in [1.807, 2.05) is 48.7 Å². The lowest BCUT2D eigenvalue weighted by Crippen LogP contribution is -2.30. The average Bonchev–Trinajstić information content (AvgIpc) is 3.40. The molecule has 0 saturated carbocycles. The van der Waals surface area contributed by atoms with E-state index in [1.54, 1.807) is 12.3 Å². The number of thiocarbonyl (C=S) groups is 1. The number of aryl methyl sites for hydroxylation is 1. The number of nitrogens with one attached hydrogen (secondary N) is 1. The second-order valence-corrected chi connectivity index (χ2v) is 9.91. The molecule has 0 aliphatic carbocycles. The zero-order valence-corrected chi connectivity index (χ0v) is 21.5. The van der Waals surface area contributed by atoms with Crippen LogP contribution in [-0.4, -0.2) is 14.7 Å². The van der Waals surface area contributed by atoms with Gasteiger partial charge in [-0.2, -0.15) is 0 Å². The summed E-state index contributed by atoms with van der Waals surface area (Å²) in [7, 11) is 0. The van der Waals surface area contributed by atoms with Crippen LogP contribution in [0.3, 0.4) is 0 Å². The zero-order valence-electron chi connectivity index (χ0n) is 17.5. The Bertz CT molecular complexity index is 1340. The minimum Gasteiger partial charge on any atom is -0.351 e. The van der Waals surface area contributed by atoms with Gasteiger partial charge >= 0.3 is 0 Å². The molecule has 1 aliphatic heterocycles. The van der Waals surface area contributed by atoms with Crippen molar-refractivity contribution in [3.05, 3.63) is 111 Å². The van der Waals surface area contributed by atoms with E-state index in [1.165, 1.54) is 0 Å². The van der Waals surface area contributed by atoms with Crippen LogP contribution in [0.15, 0.2) is 83.6 Å². The molecular formula is C25H19BrCl2N4S.